The summed E-state index contributed by atoms with van der Waals surface area (Å²) in [4.78, 5) is 23.6. The maximum absolute atomic E-state index is 12.9. The van der Waals surface area contributed by atoms with Gasteiger partial charge in [0.1, 0.15) is 17.6 Å². The number of ether oxygens (including phenoxy) is 1. The van der Waals surface area contributed by atoms with Gasteiger partial charge in [-0.25, -0.2) is 9.97 Å². The zero-order valence-electron chi connectivity index (χ0n) is 20.1. The number of carbonyl (C=O) groups is 1. The molecule has 0 saturated heterocycles. The van der Waals surface area contributed by atoms with Gasteiger partial charge < -0.3 is 15.0 Å². The number of amides is 1. The molecule has 2 atom stereocenters. The molecule has 1 N–H and O–H groups in total. The number of fused-ring (bicyclic) bond motifs is 1. The number of likely N-dealkylation sites (N-methyl/N-ethyl adjacent to an activating group) is 1. The normalized spacial score (nSPS) is 16.9. The molecule has 1 amide bonds. The second kappa shape index (κ2) is 9.29. The number of anilines is 2. The van der Waals surface area contributed by atoms with Crippen molar-refractivity contribution in [3.8, 4) is 0 Å². The van der Waals surface area contributed by atoms with Crippen molar-refractivity contribution in [3.63, 3.8) is 0 Å². The molecule has 0 aliphatic carbocycles. The first kappa shape index (κ1) is 24.6. The van der Waals surface area contributed by atoms with Gasteiger partial charge in [-0.3, -0.25) is 14.2 Å². The lowest BCUT2D eigenvalue weighted by atomic mass is 10.1. The zero-order valence-corrected chi connectivity index (χ0v) is 20.1. The molecule has 0 radical (unpaired) electrons. The van der Waals surface area contributed by atoms with E-state index >= 15 is 0 Å². The van der Waals surface area contributed by atoms with Crippen molar-refractivity contribution >= 4 is 17.4 Å². The average Bonchev–Trinajstić information content (AvgIpc) is 3.39. The minimum atomic E-state index is -4.49. The van der Waals surface area contributed by atoms with E-state index in [0.29, 0.717) is 41.6 Å². The van der Waals surface area contributed by atoms with Gasteiger partial charge in [0.25, 0.3) is 0 Å². The van der Waals surface area contributed by atoms with E-state index in [1.807, 2.05) is 18.7 Å². The van der Waals surface area contributed by atoms with Crippen LogP contribution in [0.25, 0.3) is 0 Å². The first-order valence-electron chi connectivity index (χ1n) is 11.0. The van der Waals surface area contributed by atoms with Gasteiger partial charge in [-0.1, -0.05) is 0 Å². The van der Waals surface area contributed by atoms with E-state index in [0.717, 1.165) is 11.6 Å². The number of nitrogens with zero attached hydrogens (tertiary/aromatic N) is 7. The molecule has 0 unspecified atom stereocenters. The lowest BCUT2D eigenvalue weighted by Gasteiger charge is -2.37. The van der Waals surface area contributed by atoms with Crippen LogP contribution in [0.5, 0.6) is 0 Å². The van der Waals surface area contributed by atoms with Crippen molar-refractivity contribution in [1.29, 1.82) is 0 Å². The molecule has 0 fully saturated rings. The lowest BCUT2D eigenvalue weighted by molar-refractivity contribution is -0.141. The van der Waals surface area contributed by atoms with Gasteiger partial charge in [-0.05, 0) is 31.9 Å². The van der Waals surface area contributed by atoms with Crippen LogP contribution in [0.1, 0.15) is 35.4 Å². The molecule has 35 heavy (non-hydrogen) atoms. The fraction of sp³-hybridized carbons (Fsp3) is 0.500. The second-order valence-electron chi connectivity index (χ2n) is 8.60. The molecular weight excluding hydrogens is 465 g/mol. The summed E-state index contributed by atoms with van der Waals surface area (Å²) in [5.41, 5.74) is 1.62. The Bertz CT molecular complexity index is 1240. The Kier molecular flexibility index (Phi) is 6.54. The summed E-state index contributed by atoms with van der Waals surface area (Å²) in [6, 6.07) is 0.510. The van der Waals surface area contributed by atoms with Crippen LogP contribution in [0.4, 0.5) is 24.7 Å². The van der Waals surface area contributed by atoms with Gasteiger partial charge in [-0.15, -0.1) is 0 Å². The topological polar surface area (TPSA) is 103 Å². The van der Waals surface area contributed by atoms with Crippen LogP contribution in [0.15, 0.2) is 18.5 Å². The number of hydrogen-bond acceptors (Lipinski definition) is 7. The molecule has 1 aliphatic rings. The molecule has 4 heterocycles. The Morgan fingerprint density at radius 2 is 1.97 bits per heavy atom. The van der Waals surface area contributed by atoms with Crippen LogP contribution in [-0.4, -0.2) is 61.7 Å². The van der Waals surface area contributed by atoms with Crippen LogP contribution in [0.2, 0.25) is 0 Å². The molecule has 13 heteroatoms. The highest BCUT2D eigenvalue weighted by molar-refractivity contribution is 6.03. The second-order valence-corrected chi connectivity index (χ2v) is 8.60. The number of rotatable bonds is 7. The summed E-state index contributed by atoms with van der Waals surface area (Å²) in [6.07, 6.45) is -0.245. The third kappa shape index (κ3) is 4.99. The third-order valence-corrected chi connectivity index (χ3v) is 6.12. The van der Waals surface area contributed by atoms with Crippen molar-refractivity contribution in [1.82, 2.24) is 29.5 Å². The zero-order chi connectivity index (χ0) is 25.5. The van der Waals surface area contributed by atoms with Crippen molar-refractivity contribution in [2.45, 2.75) is 51.6 Å². The standard InChI is InChI=1S/C22H27F3N8O2/c1-12-18-20(31(3)19(13(2)35-5)21(34)29-18)28-17(27-12)7-6-14-9-26-33(10-14)11-15-8-16(22(23,24)25)30-32(15)4/h8-10,13,19H,6-7,11H2,1-5H3,(H,29,34)/t13-,19-/m0/s1. The van der Waals surface area contributed by atoms with Crippen LogP contribution in [-0.2, 0) is 42.1 Å². The smallest absolute Gasteiger partial charge is 0.379 e. The molecular formula is C22H27F3N8O2. The number of halogens is 3. The predicted octanol–water partition coefficient (Wildman–Crippen LogP) is 2.36. The van der Waals surface area contributed by atoms with E-state index in [9.17, 15) is 18.0 Å². The first-order valence-corrected chi connectivity index (χ1v) is 11.0. The summed E-state index contributed by atoms with van der Waals surface area (Å²) in [5.74, 6) is 1.08. The molecule has 3 aromatic rings. The predicted molar refractivity (Wildman–Crippen MR) is 121 cm³/mol. The number of aryl methyl sites for hydroxylation is 4. The van der Waals surface area contributed by atoms with E-state index in [1.54, 1.807) is 31.2 Å². The lowest BCUT2D eigenvalue weighted by Crippen LogP contribution is -2.53. The van der Waals surface area contributed by atoms with E-state index in [-0.39, 0.29) is 18.6 Å². The Balaban J connectivity index is 1.46. The molecule has 0 saturated carbocycles. The fourth-order valence-corrected chi connectivity index (χ4v) is 4.13. The van der Waals surface area contributed by atoms with Crippen molar-refractivity contribution in [2.24, 2.45) is 7.05 Å². The molecule has 1 aliphatic heterocycles. The number of alkyl halides is 3. The van der Waals surface area contributed by atoms with Crippen molar-refractivity contribution < 1.29 is 22.7 Å². The van der Waals surface area contributed by atoms with Crippen LogP contribution >= 0.6 is 0 Å². The molecule has 4 rings (SSSR count). The van der Waals surface area contributed by atoms with Gasteiger partial charge >= 0.3 is 6.18 Å². The van der Waals surface area contributed by atoms with Crippen LogP contribution in [0, 0.1) is 6.92 Å². The van der Waals surface area contributed by atoms with E-state index in [2.05, 4.69) is 25.5 Å². The Hall–Kier alpha value is -3.48. The minimum Gasteiger partial charge on any atom is -0.379 e. The van der Waals surface area contributed by atoms with E-state index in [1.165, 1.54) is 11.7 Å². The highest BCUT2D eigenvalue weighted by Gasteiger charge is 2.37. The summed E-state index contributed by atoms with van der Waals surface area (Å²) < 4.78 is 46.9. The Morgan fingerprint density at radius 1 is 1.23 bits per heavy atom. The molecule has 188 valence electrons. The highest BCUT2D eigenvalue weighted by atomic mass is 19.4. The SMILES string of the molecule is CO[C@@H](C)[C@H]1C(=O)Nc2c(C)nc(CCc3cnn(Cc4cc(C(F)(F)F)nn4C)c3)nc2N1C. The highest BCUT2D eigenvalue weighted by Crippen LogP contribution is 2.33. The Labute approximate surface area is 200 Å². The maximum atomic E-state index is 12.9. The first-order chi connectivity index (χ1) is 16.5. The monoisotopic (exact) mass is 492 g/mol. The van der Waals surface area contributed by atoms with Crippen LogP contribution in [0.3, 0.4) is 0 Å². The Morgan fingerprint density at radius 3 is 2.63 bits per heavy atom. The van der Waals surface area contributed by atoms with Gasteiger partial charge in [0.2, 0.25) is 5.91 Å². The fourth-order valence-electron chi connectivity index (χ4n) is 4.13. The summed E-state index contributed by atoms with van der Waals surface area (Å²) in [7, 11) is 4.84. The summed E-state index contributed by atoms with van der Waals surface area (Å²) >= 11 is 0. The molecule has 0 aromatic carbocycles. The van der Waals surface area contributed by atoms with E-state index in [4.69, 9.17) is 4.74 Å². The molecule has 0 bridgehead atoms. The number of methoxy groups -OCH3 is 1. The summed E-state index contributed by atoms with van der Waals surface area (Å²) in [6.45, 7) is 3.81. The van der Waals surface area contributed by atoms with Crippen molar-refractivity contribution in [3.05, 3.63) is 46.9 Å². The summed E-state index contributed by atoms with van der Waals surface area (Å²) in [5, 5.41) is 10.7. The largest absolute Gasteiger partial charge is 0.435 e. The van der Waals surface area contributed by atoms with Gasteiger partial charge in [0, 0.05) is 33.8 Å². The number of nitrogens with one attached hydrogen (secondary N) is 1. The van der Waals surface area contributed by atoms with Crippen LogP contribution < -0.4 is 10.2 Å². The minimum absolute atomic E-state index is 0.164. The van der Waals surface area contributed by atoms with Gasteiger partial charge in [0.05, 0.1) is 30.2 Å². The molecule has 0 spiro atoms. The maximum Gasteiger partial charge on any atom is 0.435 e. The number of hydrogen-bond donors (Lipinski definition) is 1. The quantitative estimate of drug-likeness (QED) is 0.540. The number of carbonyl (C=O) groups excluding carboxylic acids is 1. The average molecular weight is 493 g/mol. The molecule has 3 aromatic heterocycles. The van der Waals surface area contributed by atoms with Crippen molar-refractivity contribution in [2.75, 3.05) is 24.4 Å². The number of aromatic nitrogens is 6. The van der Waals surface area contributed by atoms with Gasteiger partial charge in [-0.2, -0.15) is 23.4 Å². The van der Waals surface area contributed by atoms with Gasteiger partial charge in [0.15, 0.2) is 11.5 Å². The van der Waals surface area contributed by atoms with E-state index < -0.39 is 17.9 Å². The third-order valence-electron chi connectivity index (χ3n) is 6.12. The molecule has 10 nitrogen and oxygen atoms in total.